The van der Waals surface area contributed by atoms with E-state index in [4.69, 9.17) is 19.2 Å². The molecule has 2 aliphatic heterocycles. The van der Waals surface area contributed by atoms with Gasteiger partial charge in [0.1, 0.15) is 0 Å². The lowest BCUT2D eigenvalue weighted by atomic mass is 9.81. The van der Waals surface area contributed by atoms with Crippen molar-refractivity contribution in [3.8, 4) is 0 Å². The fourth-order valence-electron chi connectivity index (χ4n) is 5.45. The molecule has 1 aliphatic carbocycles. The third-order valence-electron chi connectivity index (χ3n) is 8.18. The van der Waals surface area contributed by atoms with Gasteiger partial charge in [-0.2, -0.15) is 0 Å². The molecule has 1 saturated carbocycles. The molecule has 1 unspecified atom stereocenters. The van der Waals surface area contributed by atoms with Gasteiger partial charge in [0, 0.05) is 56.3 Å². The topological polar surface area (TPSA) is 72.4 Å². The summed E-state index contributed by atoms with van der Waals surface area (Å²) in [5.74, 6) is 0.377. The smallest absolute Gasteiger partial charge is 0.340 e. The lowest BCUT2D eigenvalue weighted by Crippen LogP contribution is -2.46. The Kier molecular flexibility index (Phi) is 11.5. The molecule has 2 heterocycles. The molecular formula is C30H53N3O4. The van der Waals surface area contributed by atoms with E-state index in [1.54, 1.807) is 0 Å². The SMILES string of the molecule is CCCCO[C@H](C(=O)OC(C)C)C1=C(N2CCC(C)(C)CC2)CC([C@@H](CNC)OCC2CCC2)N=C1C. The van der Waals surface area contributed by atoms with E-state index in [1.165, 1.54) is 25.0 Å². The van der Waals surface area contributed by atoms with Crippen molar-refractivity contribution in [3.05, 3.63) is 11.3 Å². The molecule has 0 amide bonds. The molecule has 0 aromatic carbocycles. The molecule has 2 fully saturated rings. The average Bonchev–Trinajstić information content (AvgIpc) is 2.80. The lowest BCUT2D eigenvalue weighted by molar-refractivity contribution is -0.158. The summed E-state index contributed by atoms with van der Waals surface area (Å²) >= 11 is 0. The molecule has 0 aromatic heterocycles. The van der Waals surface area contributed by atoms with E-state index in [1.807, 2.05) is 27.8 Å². The van der Waals surface area contributed by atoms with Crippen LogP contribution in [0.15, 0.2) is 16.3 Å². The number of likely N-dealkylation sites (tertiary alicyclic amines) is 1. The van der Waals surface area contributed by atoms with Crippen LogP contribution in [0, 0.1) is 11.3 Å². The number of piperidine rings is 1. The van der Waals surface area contributed by atoms with Crippen molar-refractivity contribution in [3.63, 3.8) is 0 Å². The standard InChI is InChI=1S/C30H53N3O4/c1-8-9-17-35-28(29(34)37-21(2)3)27-22(4)32-24(26(19-31-7)36-20-23-11-10-12-23)18-25(27)33-15-13-30(5,6)14-16-33/h21,23-24,26,28,31H,8-20H2,1-7H3/t24?,26-,28+/m1/s1. The van der Waals surface area contributed by atoms with Gasteiger partial charge in [-0.05, 0) is 71.3 Å². The van der Waals surface area contributed by atoms with E-state index >= 15 is 0 Å². The van der Waals surface area contributed by atoms with Crippen LogP contribution in [0.3, 0.4) is 0 Å². The molecule has 0 aromatic rings. The number of nitrogens with one attached hydrogen (secondary N) is 1. The fraction of sp³-hybridized carbons (Fsp3) is 0.867. The Labute approximate surface area is 225 Å². The Morgan fingerprint density at radius 2 is 1.89 bits per heavy atom. The second-order valence-electron chi connectivity index (χ2n) is 12.3. The summed E-state index contributed by atoms with van der Waals surface area (Å²) in [6.45, 7) is 16.7. The van der Waals surface area contributed by atoms with Crippen LogP contribution in [-0.4, -0.2) is 80.8 Å². The van der Waals surface area contributed by atoms with E-state index < -0.39 is 6.10 Å². The number of dihydropyridines is 1. The van der Waals surface area contributed by atoms with Gasteiger partial charge >= 0.3 is 5.97 Å². The maximum atomic E-state index is 13.4. The van der Waals surface area contributed by atoms with Crippen LogP contribution in [0.2, 0.25) is 0 Å². The Hall–Kier alpha value is -1.44. The van der Waals surface area contributed by atoms with Crippen molar-refractivity contribution < 1.29 is 19.0 Å². The first kappa shape index (κ1) is 30.1. The first-order valence-electron chi connectivity index (χ1n) is 14.8. The molecule has 0 spiro atoms. The fourth-order valence-corrected chi connectivity index (χ4v) is 5.45. The van der Waals surface area contributed by atoms with E-state index in [9.17, 15) is 4.79 Å². The van der Waals surface area contributed by atoms with E-state index in [-0.39, 0.29) is 24.2 Å². The number of unbranched alkanes of at least 4 members (excludes halogenated alkanes) is 1. The minimum atomic E-state index is -0.748. The number of aliphatic imine (C=N–C) groups is 1. The van der Waals surface area contributed by atoms with Crippen LogP contribution < -0.4 is 5.32 Å². The number of likely N-dealkylation sites (N-methyl/N-ethyl adjacent to an activating group) is 1. The van der Waals surface area contributed by atoms with Crippen molar-refractivity contribution >= 4 is 11.7 Å². The van der Waals surface area contributed by atoms with Crippen LogP contribution in [0.5, 0.6) is 0 Å². The Balaban J connectivity index is 1.93. The van der Waals surface area contributed by atoms with Crippen LogP contribution >= 0.6 is 0 Å². The van der Waals surface area contributed by atoms with Gasteiger partial charge in [0.05, 0.1) is 18.2 Å². The Morgan fingerprint density at radius 1 is 1.19 bits per heavy atom. The third kappa shape index (κ3) is 8.52. The van der Waals surface area contributed by atoms with Gasteiger partial charge in [-0.15, -0.1) is 0 Å². The highest BCUT2D eigenvalue weighted by Crippen LogP contribution is 2.37. The van der Waals surface area contributed by atoms with Crippen LogP contribution in [0.1, 0.15) is 92.9 Å². The number of hydrogen-bond acceptors (Lipinski definition) is 7. The first-order chi connectivity index (χ1) is 17.6. The molecule has 37 heavy (non-hydrogen) atoms. The number of carbonyl (C=O) groups is 1. The maximum Gasteiger partial charge on any atom is 0.340 e. The summed E-state index contributed by atoms with van der Waals surface area (Å²) in [4.78, 5) is 21.0. The van der Waals surface area contributed by atoms with E-state index in [0.717, 1.165) is 69.6 Å². The van der Waals surface area contributed by atoms with Gasteiger partial charge in [-0.3, -0.25) is 4.99 Å². The zero-order chi connectivity index (χ0) is 27.0. The largest absolute Gasteiger partial charge is 0.461 e. The van der Waals surface area contributed by atoms with Crippen molar-refractivity contribution in [1.29, 1.82) is 0 Å². The molecule has 3 atom stereocenters. The second-order valence-corrected chi connectivity index (χ2v) is 12.3. The van der Waals surface area contributed by atoms with Gasteiger partial charge in [0.15, 0.2) is 6.10 Å². The summed E-state index contributed by atoms with van der Waals surface area (Å²) in [5.41, 5.74) is 3.33. The van der Waals surface area contributed by atoms with Crippen molar-refractivity contribution in [1.82, 2.24) is 10.2 Å². The average molecular weight is 520 g/mol. The molecule has 212 valence electrons. The lowest BCUT2D eigenvalue weighted by Gasteiger charge is -2.43. The molecule has 1 saturated heterocycles. The summed E-state index contributed by atoms with van der Waals surface area (Å²) < 4.78 is 18.5. The summed E-state index contributed by atoms with van der Waals surface area (Å²) in [5, 5.41) is 3.33. The van der Waals surface area contributed by atoms with Crippen LogP contribution in [0.25, 0.3) is 0 Å². The van der Waals surface area contributed by atoms with Gasteiger partial charge < -0.3 is 24.4 Å². The molecule has 3 rings (SSSR count). The number of ether oxygens (including phenoxy) is 3. The van der Waals surface area contributed by atoms with E-state index in [0.29, 0.717) is 17.9 Å². The number of rotatable bonds is 14. The molecule has 3 aliphatic rings. The number of hydrogen-bond donors (Lipinski definition) is 1. The van der Waals surface area contributed by atoms with Crippen LogP contribution in [-0.2, 0) is 19.0 Å². The third-order valence-corrected chi connectivity index (χ3v) is 8.18. The zero-order valence-electron chi connectivity index (χ0n) is 24.6. The van der Waals surface area contributed by atoms with Crippen molar-refractivity contribution in [2.45, 2.75) is 117 Å². The molecule has 7 nitrogen and oxygen atoms in total. The minimum absolute atomic E-state index is 0.000377. The summed E-state index contributed by atoms with van der Waals surface area (Å²) in [7, 11) is 1.98. The summed E-state index contributed by atoms with van der Waals surface area (Å²) in [6.07, 6.45) is 7.84. The predicted octanol–water partition coefficient (Wildman–Crippen LogP) is 5.14. The first-order valence-corrected chi connectivity index (χ1v) is 14.8. The number of carbonyl (C=O) groups excluding carboxylic acids is 1. The summed E-state index contributed by atoms with van der Waals surface area (Å²) in [6, 6.07) is 0.0126. The number of esters is 1. The van der Waals surface area contributed by atoms with Gasteiger partial charge in [-0.1, -0.05) is 33.6 Å². The Morgan fingerprint density at radius 3 is 2.46 bits per heavy atom. The predicted molar refractivity (Wildman–Crippen MR) is 150 cm³/mol. The van der Waals surface area contributed by atoms with Crippen molar-refractivity contribution in [2.75, 3.05) is 39.9 Å². The Bertz CT molecular complexity index is 793. The monoisotopic (exact) mass is 519 g/mol. The quantitative estimate of drug-likeness (QED) is 0.253. The van der Waals surface area contributed by atoms with Gasteiger partial charge in [0.25, 0.3) is 0 Å². The van der Waals surface area contributed by atoms with Gasteiger partial charge in [0.2, 0.25) is 0 Å². The zero-order valence-corrected chi connectivity index (χ0v) is 24.6. The molecule has 1 N–H and O–H groups in total. The van der Waals surface area contributed by atoms with E-state index in [2.05, 4.69) is 31.0 Å². The number of nitrogens with zero attached hydrogens (tertiary/aromatic N) is 2. The molecule has 0 bridgehead atoms. The van der Waals surface area contributed by atoms with Crippen molar-refractivity contribution in [2.24, 2.45) is 16.3 Å². The molecular weight excluding hydrogens is 466 g/mol. The van der Waals surface area contributed by atoms with Gasteiger partial charge in [-0.25, -0.2) is 4.79 Å². The second kappa shape index (κ2) is 14.1. The minimum Gasteiger partial charge on any atom is -0.461 e. The highest BCUT2D eigenvalue weighted by Gasteiger charge is 2.39. The molecule has 0 radical (unpaired) electrons. The normalized spacial score (nSPS) is 24.1. The highest BCUT2D eigenvalue weighted by atomic mass is 16.6. The maximum absolute atomic E-state index is 13.4. The highest BCUT2D eigenvalue weighted by molar-refractivity contribution is 6.05. The molecule has 7 heteroatoms. The van der Waals surface area contributed by atoms with Crippen LogP contribution in [0.4, 0.5) is 0 Å².